The SMILES string of the molecule is O=C1NNC(c2ccc(N(Cc3ccccc3)Cc3ccccc3)cc2)(c2ccc(N(Cc3ccccc3)Cc3ccccc3)cc2)c2ncccc21. The molecule has 0 radical (unpaired) electrons. The first-order valence-electron chi connectivity index (χ1n) is 18.1. The Morgan fingerprint density at radius 3 is 1.21 bits per heavy atom. The Morgan fingerprint density at radius 1 is 0.453 bits per heavy atom. The van der Waals surface area contributed by atoms with Gasteiger partial charge in [-0.2, -0.15) is 0 Å². The molecule has 1 amide bonds. The van der Waals surface area contributed by atoms with Gasteiger partial charge in [0.1, 0.15) is 5.54 Å². The van der Waals surface area contributed by atoms with Gasteiger partial charge >= 0.3 is 0 Å². The first-order chi connectivity index (χ1) is 26.2. The predicted octanol–water partition coefficient (Wildman–Crippen LogP) is 9.04. The van der Waals surface area contributed by atoms with Crippen LogP contribution in [0.2, 0.25) is 0 Å². The van der Waals surface area contributed by atoms with Crippen LogP contribution >= 0.6 is 0 Å². The van der Waals surface area contributed by atoms with Crippen LogP contribution in [0.1, 0.15) is 49.4 Å². The molecule has 6 aromatic carbocycles. The molecule has 0 saturated carbocycles. The average Bonchev–Trinajstić information content (AvgIpc) is 3.23. The molecule has 0 unspecified atom stereocenters. The van der Waals surface area contributed by atoms with Gasteiger partial charge in [-0.25, -0.2) is 5.43 Å². The molecule has 7 aromatic rings. The van der Waals surface area contributed by atoms with E-state index in [4.69, 9.17) is 4.98 Å². The standard InChI is InChI=1S/C47H41N5O/c53-46-44-22-13-31-48-45(44)47(50-49-46,40-23-27-42(28-24-40)51(32-36-14-5-1-6-15-36)33-37-16-7-2-8-17-37)41-25-29-43(30-26-41)52(34-38-18-9-3-10-19-38)35-39-20-11-4-12-21-39/h1-31,50H,32-35H2,(H,49,53). The van der Waals surface area contributed by atoms with Gasteiger partial charge in [-0.15, -0.1) is 0 Å². The molecule has 0 spiro atoms. The lowest BCUT2D eigenvalue weighted by atomic mass is 9.77. The van der Waals surface area contributed by atoms with Crippen LogP contribution in [0.15, 0.2) is 188 Å². The maximum atomic E-state index is 13.2. The van der Waals surface area contributed by atoms with E-state index in [2.05, 4.69) is 191 Å². The lowest BCUT2D eigenvalue weighted by Gasteiger charge is -2.40. The van der Waals surface area contributed by atoms with Gasteiger partial charge in [-0.1, -0.05) is 146 Å². The molecule has 6 nitrogen and oxygen atoms in total. The lowest BCUT2D eigenvalue weighted by Crippen LogP contribution is -2.58. The third kappa shape index (κ3) is 7.31. The third-order valence-corrected chi connectivity index (χ3v) is 9.97. The van der Waals surface area contributed by atoms with Gasteiger partial charge < -0.3 is 9.80 Å². The van der Waals surface area contributed by atoms with Gasteiger partial charge in [0.05, 0.1) is 11.3 Å². The van der Waals surface area contributed by atoms with Crippen molar-refractivity contribution in [3.05, 3.63) is 233 Å². The van der Waals surface area contributed by atoms with Crippen LogP contribution in [-0.2, 0) is 31.7 Å². The highest BCUT2D eigenvalue weighted by Crippen LogP contribution is 2.40. The van der Waals surface area contributed by atoms with E-state index < -0.39 is 5.54 Å². The molecule has 2 heterocycles. The summed E-state index contributed by atoms with van der Waals surface area (Å²) in [7, 11) is 0. The summed E-state index contributed by atoms with van der Waals surface area (Å²) in [6, 6.07) is 63.3. The fourth-order valence-electron chi connectivity index (χ4n) is 7.29. The number of nitrogens with zero attached hydrogens (tertiary/aromatic N) is 3. The Hall–Kier alpha value is -6.50. The van der Waals surface area contributed by atoms with E-state index in [1.165, 1.54) is 22.3 Å². The number of amides is 1. The van der Waals surface area contributed by atoms with E-state index in [1.807, 2.05) is 12.1 Å². The van der Waals surface area contributed by atoms with Gasteiger partial charge in [0.2, 0.25) is 0 Å². The van der Waals surface area contributed by atoms with Crippen LogP contribution in [0.5, 0.6) is 0 Å². The highest BCUT2D eigenvalue weighted by molar-refractivity contribution is 5.97. The fourth-order valence-corrected chi connectivity index (χ4v) is 7.29. The van der Waals surface area contributed by atoms with Crippen molar-refractivity contribution in [2.75, 3.05) is 9.80 Å². The summed E-state index contributed by atoms with van der Waals surface area (Å²) in [5.74, 6) is -0.203. The first kappa shape index (κ1) is 33.6. The van der Waals surface area contributed by atoms with E-state index >= 15 is 0 Å². The molecule has 0 fully saturated rings. The van der Waals surface area contributed by atoms with E-state index in [0.29, 0.717) is 11.3 Å². The van der Waals surface area contributed by atoms with Gasteiger partial charge in [0.25, 0.3) is 5.91 Å². The number of hydrogen-bond acceptors (Lipinski definition) is 5. The molecule has 260 valence electrons. The largest absolute Gasteiger partial charge is 0.363 e. The summed E-state index contributed by atoms with van der Waals surface area (Å²) >= 11 is 0. The number of hydrazine groups is 1. The van der Waals surface area contributed by atoms with Crippen LogP contribution in [0.4, 0.5) is 11.4 Å². The Kier molecular flexibility index (Phi) is 9.77. The molecule has 0 saturated heterocycles. The minimum absolute atomic E-state index is 0.203. The number of fused-ring (bicyclic) bond motifs is 1. The van der Waals surface area contributed by atoms with Crippen molar-refractivity contribution in [2.45, 2.75) is 31.7 Å². The number of rotatable bonds is 12. The van der Waals surface area contributed by atoms with Gasteiger partial charge in [-0.05, 0) is 69.8 Å². The summed E-state index contributed by atoms with van der Waals surface area (Å²) in [4.78, 5) is 22.9. The molecule has 1 aliphatic rings. The molecular formula is C47H41N5O. The molecule has 1 aliphatic heterocycles. The van der Waals surface area contributed by atoms with Crippen molar-refractivity contribution in [2.24, 2.45) is 0 Å². The minimum Gasteiger partial charge on any atom is -0.363 e. The van der Waals surface area contributed by atoms with Gasteiger partial charge in [-0.3, -0.25) is 15.2 Å². The molecule has 8 rings (SSSR count). The average molecular weight is 692 g/mol. The molecular weight excluding hydrogens is 651 g/mol. The van der Waals surface area contributed by atoms with Gasteiger partial charge in [0, 0.05) is 43.8 Å². The summed E-state index contributed by atoms with van der Waals surface area (Å²) in [5, 5.41) is 0. The Balaban J connectivity index is 1.18. The lowest BCUT2D eigenvalue weighted by molar-refractivity contribution is 0.0895. The Bertz CT molecular complexity index is 2030. The van der Waals surface area contributed by atoms with Crippen LogP contribution in [0, 0.1) is 0 Å². The fraction of sp³-hybridized carbons (Fsp3) is 0.106. The van der Waals surface area contributed by atoms with Crippen molar-refractivity contribution < 1.29 is 4.79 Å². The van der Waals surface area contributed by atoms with Crippen LogP contribution in [0.3, 0.4) is 0 Å². The smallest absolute Gasteiger partial charge is 0.267 e. The zero-order chi connectivity index (χ0) is 35.9. The molecule has 0 bridgehead atoms. The van der Waals surface area contributed by atoms with Crippen molar-refractivity contribution in [3.63, 3.8) is 0 Å². The van der Waals surface area contributed by atoms with E-state index in [9.17, 15) is 4.79 Å². The second kappa shape index (κ2) is 15.4. The Labute approximate surface area is 311 Å². The monoisotopic (exact) mass is 691 g/mol. The van der Waals surface area contributed by atoms with Crippen molar-refractivity contribution >= 4 is 17.3 Å². The maximum absolute atomic E-state index is 13.2. The highest BCUT2D eigenvalue weighted by atomic mass is 16.2. The van der Waals surface area contributed by atoms with Crippen LogP contribution in [-0.4, -0.2) is 10.9 Å². The number of benzene rings is 6. The maximum Gasteiger partial charge on any atom is 0.267 e. The molecule has 2 N–H and O–H groups in total. The summed E-state index contributed by atoms with van der Waals surface area (Å²) in [5.41, 5.74) is 15.8. The van der Waals surface area contributed by atoms with E-state index in [1.54, 1.807) is 6.20 Å². The molecule has 0 atom stereocenters. The molecule has 0 aliphatic carbocycles. The second-order valence-electron chi connectivity index (χ2n) is 13.5. The first-order valence-corrected chi connectivity index (χ1v) is 18.1. The van der Waals surface area contributed by atoms with Gasteiger partial charge in [0.15, 0.2) is 0 Å². The van der Waals surface area contributed by atoms with Crippen LogP contribution < -0.4 is 20.7 Å². The number of carbonyl (C=O) groups is 1. The number of nitrogens with one attached hydrogen (secondary N) is 2. The zero-order valence-corrected chi connectivity index (χ0v) is 29.5. The normalized spacial score (nSPS) is 13.1. The Morgan fingerprint density at radius 2 is 0.830 bits per heavy atom. The number of aromatic nitrogens is 1. The topological polar surface area (TPSA) is 60.5 Å². The minimum atomic E-state index is -0.936. The number of pyridine rings is 1. The van der Waals surface area contributed by atoms with Crippen molar-refractivity contribution in [1.29, 1.82) is 0 Å². The van der Waals surface area contributed by atoms with E-state index in [0.717, 1.165) is 48.7 Å². The van der Waals surface area contributed by atoms with E-state index in [-0.39, 0.29) is 5.91 Å². The second-order valence-corrected chi connectivity index (χ2v) is 13.5. The zero-order valence-electron chi connectivity index (χ0n) is 29.5. The highest BCUT2D eigenvalue weighted by Gasteiger charge is 2.44. The summed E-state index contributed by atoms with van der Waals surface area (Å²) < 4.78 is 0. The number of anilines is 2. The summed E-state index contributed by atoms with van der Waals surface area (Å²) in [6.45, 7) is 3.07. The van der Waals surface area contributed by atoms with Crippen molar-refractivity contribution in [3.8, 4) is 0 Å². The predicted molar refractivity (Wildman–Crippen MR) is 213 cm³/mol. The molecule has 6 heteroatoms. The summed E-state index contributed by atoms with van der Waals surface area (Å²) in [6.07, 6.45) is 1.76. The van der Waals surface area contributed by atoms with Crippen LogP contribution in [0.25, 0.3) is 0 Å². The van der Waals surface area contributed by atoms with Crippen molar-refractivity contribution in [1.82, 2.24) is 15.8 Å². The number of carbonyl (C=O) groups excluding carboxylic acids is 1. The third-order valence-electron chi connectivity index (χ3n) is 9.97. The molecule has 53 heavy (non-hydrogen) atoms. The number of hydrogen-bond donors (Lipinski definition) is 2. The quantitative estimate of drug-likeness (QED) is 0.134. The molecule has 1 aromatic heterocycles.